The summed E-state index contributed by atoms with van der Waals surface area (Å²) in [5.74, 6) is -0.585. The molecule has 9 nitrogen and oxygen atoms in total. The predicted molar refractivity (Wildman–Crippen MR) is 100 cm³/mol. The average molecular weight is 398 g/mol. The summed E-state index contributed by atoms with van der Waals surface area (Å²) in [6.45, 7) is 1.28. The van der Waals surface area contributed by atoms with Crippen molar-refractivity contribution in [1.82, 2.24) is 20.4 Å². The van der Waals surface area contributed by atoms with Gasteiger partial charge in [-0.15, -0.1) is 10.2 Å². The molecule has 1 N–H and O–H groups in total. The van der Waals surface area contributed by atoms with Crippen molar-refractivity contribution in [3.05, 3.63) is 36.2 Å². The normalized spacial score (nSPS) is 24.0. The van der Waals surface area contributed by atoms with Crippen LogP contribution in [0.2, 0.25) is 0 Å². The third-order valence-corrected chi connectivity index (χ3v) is 5.63. The first-order chi connectivity index (χ1) is 14.0. The van der Waals surface area contributed by atoms with E-state index in [1.165, 1.54) is 0 Å². The number of imide groups is 1. The highest BCUT2D eigenvalue weighted by Gasteiger charge is 2.55. The zero-order valence-corrected chi connectivity index (χ0v) is 16.1. The van der Waals surface area contributed by atoms with E-state index in [0.717, 1.165) is 29.7 Å². The number of benzene rings is 1. The summed E-state index contributed by atoms with van der Waals surface area (Å²) < 4.78 is 10.6. The van der Waals surface area contributed by atoms with Gasteiger partial charge in [-0.2, -0.15) is 0 Å². The van der Waals surface area contributed by atoms with Crippen LogP contribution in [0.4, 0.5) is 4.79 Å². The van der Waals surface area contributed by atoms with Gasteiger partial charge in [0, 0.05) is 5.56 Å². The van der Waals surface area contributed by atoms with Gasteiger partial charge in [0.15, 0.2) is 6.61 Å². The summed E-state index contributed by atoms with van der Waals surface area (Å²) in [6.07, 6.45) is 3.36. The molecule has 1 saturated heterocycles. The fourth-order valence-corrected chi connectivity index (χ4v) is 3.97. The van der Waals surface area contributed by atoms with Gasteiger partial charge < -0.3 is 14.5 Å². The molecular formula is C20H22N4O5. The van der Waals surface area contributed by atoms with E-state index in [1.54, 1.807) is 0 Å². The molecule has 1 aromatic carbocycles. The predicted octanol–water partition coefficient (Wildman–Crippen LogP) is 2.28. The summed E-state index contributed by atoms with van der Waals surface area (Å²) in [6, 6.07) is 8.65. The number of esters is 1. The number of rotatable bonds is 5. The van der Waals surface area contributed by atoms with Crippen molar-refractivity contribution in [1.29, 1.82) is 0 Å². The van der Waals surface area contributed by atoms with Crippen molar-refractivity contribution in [2.45, 2.75) is 44.8 Å². The van der Waals surface area contributed by atoms with Gasteiger partial charge in [-0.1, -0.05) is 38.0 Å². The van der Waals surface area contributed by atoms with Crippen LogP contribution >= 0.6 is 0 Å². The van der Waals surface area contributed by atoms with E-state index in [1.807, 2.05) is 37.3 Å². The maximum Gasteiger partial charge on any atom is 0.326 e. The number of aromatic nitrogens is 2. The Morgan fingerprint density at radius 1 is 1.28 bits per heavy atom. The smallest absolute Gasteiger partial charge is 0.326 e. The van der Waals surface area contributed by atoms with Crippen molar-refractivity contribution >= 4 is 17.9 Å². The second-order valence-corrected chi connectivity index (χ2v) is 7.47. The van der Waals surface area contributed by atoms with E-state index >= 15 is 0 Å². The highest BCUT2D eigenvalue weighted by atomic mass is 16.5. The topological polar surface area (TPSA) is 115 Å². The fraction of sp³-hybridized carbons (Fsp3) is 0.450. The minimum atomic E-state index is -0.896. The molecule has 1 aliphatic heterocycles. The quantitative estimate of drug-likeness (QED) is 0.607. The molecule has 152 valence electrons. The fourth-order valence-electron chi connectivity index (χ4n) is 3.97. The maximum absolute atomic E-state index is 12.9. The number of amides is 3. The van der Waals surface area contributed by atoms with Crippen LogP contribution in [0.5, 0.6) is 0 Å². The first-order valence-electron chi connectivity index (χ1n) is 9.67. The second-order valence-electron chi connectivity index (χ2n) is 7.47. The lowest BCUT2D eigenvalue weighted by Gasteiger charge is -2.36. The molecule has 1 aliphatic carbocycles. The zero-order chi connectivity index (χ0) is 20.4. The number of nitrogens with zero attached hydrogens (tertiary/aromatic N) is 3. The highest BCUT2D eigenvalue weighted by Crippen LogP contribution is 2.38. The number of nitrogens with one attached hydrogen (secondary N) is 1. The molecule has 1 aromatic heterocycles. The molecule has 2 aromatic rings. The summed E-state index contributed by atoms with van der Waals surface area (Å²) in [7, 11) is 0. The van der Waals surface area contributed by atoms with Gasteiger partial charge in [0.1, 0.15) is 12.1 Å². The lowest BCUT2D eigenvalue weighted by Crippen LogP contribution is -2.54. The minimum Gasteiger partial charge on any atom is -0.454 e. The third kappa shape index (κ3) is 3.59. The van der Waals surface area contributed by atoms with Crippen molar-refractivity contribution in [3.8, 4) is 11.5 Å². The molecule has 1 spiro atoms. The first kappa shape index (κ1) is 19.1. The number of hydrogen-bond acceptors (Lipinski definition) is 7. The lowest BCUT2D eigenvalue weighted by atomic mass is 9.73. The van der Waals surface area contributed by atoms with E-state index < -0.39 is 24.1 Å². The zero-order valence-electron chi connectivity index (χ0n) is 16.1. The second kappa shape index (κ2) is 7.65. The molecule has 0 unspecified atom stereocenters. The van der Waals surface area contributed by atoms with Gasteiger partial charge >= 0.3 is 12.0 Å². The molecule has 2 heterocycles. The highest BCUT2D eigenvalue weighted by molar-refractivity contribution is 6.08. The van der Waals surface area contributed by atoms with Gasteiger partial charge in [0.25, 0.3) is 11.8 Å². The summed E-state index contributed by atoms with van der Waals surface area (Å²) in [5, 5.41) is 10.6. The molecule has 4 rings (SSSR count). The van der Waals surface area contributed by atoms with Crippen molar-refractivity contribution in [2.75, 3.05) is 6.54 Å². The number of ether oxygens (including phenoxy) is 1. The Morgan fingerprint density at radius 2 is 2.07 bits per heavy atom. The Hall–Kier alpha value is -3.23. The molecule has 2 fully saturated rings. The third-order valence-electron chi connectivity index (χ3n) is 5.63. The molecule has 29 heavy (non-hydrogen) atoms. The van der Waals surface area contributed by atoms with E-state index in [0.29, 0.717) is 12.3 Å². The summed E-state index contributed by atoms with van der Waals surface area (Å²) >= 11 is 0. The average Bonchev–Trinajstić information content (AvgIpc) is 3.29. The van der Waals surface area contributed by atoms with Crippen molar-refractivity contribution < 1.29 is 23.5 Å². The molecule has 3 amide bonds. The van der Waals surface area contributed by atoms with Crippen LogP contribution in [-0.4, -0.2) is 45.1 Å². The van der Waals surface area contributed by atoms with Crippen molar-refractivity contribution in [2.24, 2.45) is 5.92 Å². The maximum atomic E-state index is 12.9. The molecule has 0 radical (unpaired) electrons. The monoisotopic (exact) mass is 398 g/mol. The van der Waals surface area contributed by atoms with E-state index in [2.05, 4.69) is 15.5 Å². The van der Waals surface area contributed by atoms with Crippen LogP contribution in [0.3, 0.4) is 0 Å². The molecule has 0 bridgehead atoms. The van der Waals surface area contributed by atoms with Gasteiger partial charge in [-0.25, -0.2) is 4.79 Å². The van der Waals surface area contributed by atoms with Crippen LogP contribution < -0.4 is 5.32 Å². The van der Waals surface area contributed by atoms with Gasteiger partial charge in [-0.05, 0) is 30.9 Å². The van der Waals surface area contributed by atoms with Gasteiger partial charge in [0.05, 0.1) is 0 Å². The van der Waals surface area contributed by atoms with E-state index in [-0.39, 0.29) is 24.3 Å². The standard InChI is InChI=1S/C20H22N4O5/c1-13-7-5-6-10-20(13)18(26)24(19(27)21-20)11-16(25)28-12-15-22-23-17(29-15)14-8-3-2-4-9-14/h2-4,8-9,13H,5-7,10-12H2,1H3,(H,21,27)/t13-,20-/m0/s1. The van der Waals surface area contributed by atoms with Crippen LogP contribution in [-0.2, 0) is 20.9 Å². The molecule has 9 heteroatoms. The number of carbonyl (C=O) groups excluding carboxylic acids is 3. The molecular weight excluding hydrogens is 376 g/mol. The Bertz CT molecular complexity index is 928. The largest absolute Gasteiger partial charge is 0.454 e. The summed E-state index contributed by atoms with van der Waals surface area (Å²) in [5.41, 5.74) is -0.143. The molecule has 2 aliphatic rings. The Morgan fingerprint density at radius 3 is 2.83 bits per heavy atom. The van der Waals surface area contributed by atoms with Crippen LogP contribution in [0.25, 0.3) is 11.5 Å². The lowest BCUT2D eigenvalue weighted by molar-refractivity contribution is -0.150. The van der Waals surface area contributed by atoms with Crippen LogP contribution in [0.15, 0.2) is 34.7 Å². The summed E-state index contributed by atoms with van der Waals surface area (Å²) in [4.78, 5) is 38.3. The van der Waals surface area contributed by atoms with Crippen LogP contribution in [0, 0.1) is 5.92 Å². The first-order valence-corrected chi connectivity index (χ1v) is 9.67. The number of hydrogen-bond donors (Lipinski definition) is 1. The number of carbonyl (C=O) groups is 3. The SMILES string of the molecule is C[C@H]1CCCC[C@]12NC(=O)N(CC(=O)OCc1nnc(-c3ccccc3)o1)C2=O. The molecule has 2 atom stereocenters. The van der Waals surface area contributed by atoms with E-state index in [9.17, 15) is 14.4 Å². The van der Waals surface area contributed by atoms with Gasteiger partial charge in [0.2, 0.25) is 5.89 Å². The number of urea groups is 1. The Labute approximate surface area is 167 Å². The van der Waals surface area contributed by atoms with Gasteiger partial charge in [-0.3, -0.25) is 14.5 Å². The van der Waals surface area contributed by atoms with E-state index in [4.69, 9.17) is 9.15 Å². The Kier molecular flexibility index (Phi) is 5.04. The van der Waals surface area contributed by atoms with Crippen molar-refractivity contribution in [3.63, 3.8) is 0 Å². The molecule has 1 saturated carbocycles. The minimum absolute atomic E-state index is 0.0310. The Balaban J connectivity index is 1.35. The van der Waals surface area contributed by atoms with Crippen LogP contribution in [0.1, 0.15) is 38.5 Å².